The lowest BCUT2D eigenvalue weighted by Crippen LogP contribution is -2.45. The third-order valence-electron chi connectivity index (χ3n) is 5.13. The average Bonchev–Trinajstić information content (AvgIpc) is 3.01. The van der Waals surface area contributed by atoms with Crippen molar-refractivity contribution in [1.82, 2.24) is 9.88 Å². The number of aromatic nitrogens is 1. The predicted octanol–water partition coefficient (Wildman–Crippen LogP) is 3.21. The zero-order valence-corrected chi connectivity index (χ0v) is 18.6. The van der Waals surface area contributed by atoms with Crippen LogP contribution in [0.15, 0.2) is 60.9 Å². The van der Waals surface area contributed by atoms with E-state index in [1.165, 1.54) is 4.90 Å². The molecule has 0 N–H and O–H groups in total. The molecule has 0 fully saturated rings. The number of fused-ring (bicyclic) bond motifs is 2. The Hall–Kier alpha value is -4.07. The fraction of sp³-hybridized carbons (Fsp3) is 0.240. The van der Waals surface area contributed by atoms with Crippen LogP contribution in [0.3, 0.4) is 0 Å². The lowest BCUT2D eigenvalue weighted by atomic mass is 10.1. The van der Waals surface area contributed by atoms with Crippen molar-refractivity contribution in [2.24, 2.45) is 0 Å². The highest BCUT2D eigenvalue weighted by Gasteiger charge is 2.37. The van der Waals surface area contributed by atoms with Crippen molar-refractivity contribution >= 4 is 40.2 Å². The van der Waals surface area contributed by atoms with Crippen molar-refractivity contribution in [1.29, 1.82) is 0 Å². The maximum Gasteiger partial charge on any atom is 0.326 e. The SMILES string of the molecule is CC(C)(C)OC(=O)CN(C(=O)CN1C(=O)c2ccccc2C1=O)c1cccc2cnccc12. The maximum absolute atomic E-state index is 13.4. The summed E-state index contributed by atoms with van der Waals surface area (Å²) in [4.78, 5) is 57.9. The Morgan fingerprint density at radius 2 is 1.64 bits per heavy atom. The number of ether oxygens (including phenoxy) is 1. The summed E-state index contributed by atoms with van der Waals surface area (Å²) in [6, 6.07) is 13.5. The van der Waals surface area contributed by atoms with Crippen molar-refractivity contribution in [2.45, 2.75) is 26.4 Å². The number of nitrogens with zero attached hydrogens (tertiary/aromatic N) is 3. The molecule has 4 rings (SSSR count). The summed E-state index contributed by atoms with van der Waals surface area (Å²) >= 11 is 0. The van der Waals surface area contributed by atoms with Gasteiger partial charge in [-0.1, -0.05) is 24.3 Å². The van der Waals surface area contributed by atoms with Gasteiger partial charge in [0.15, 0.2) is 0 Å². The lowest BCUT2D eigenvalue weighted by molar-refractivity contribution is -0.153. The molecule has 1 aromatic heterocycles. The number of carbonyl (C=O) groups excluding carboxylic acids is 4. The molecule has 2 aromatic carbocycles. The second-order valence-corrected chi connectivity index (χ2v) is 8.68. The number of carbonyl (C=O) groups is 4. The second kappa shape index (κ2) is 8.46. The van der Waals surface area contributed by atoms with Gasteiger partial charge < -0.3 is 4.74 Å². The molecule has 0 atom stereocenters. The molecule has 0 saturated carbocycles. The van der Waals surface area contributed by atoms with Gasteiger partial charge in [-0.2, -0.15) is 0 Å². The number of hydrogen-bond donors (Lipinski definition) is 0. The zero-order chi connectivity index (χ0) is 23.8. The van der Waals surface area contributed by atoms with Gasteiger partial charge in [-0.05, 0) is 45.0 Å². The molecular formula is C25H23N3O5. The summed E-state index contributed by atoms with van der Waals surface area (Å²) in [5.41, 5.74) is 0.231. The summed E-state index contributed by atoms with van der Waals surface area (Å²) in [5, 5.41) is 1.48. The molecule has 0 spiro atoms. The van der Waals surface area contributed by atoms with Gasteiger partial charge in [0.1, 0.15) is 18.7 Å². The number of esters is 1. The fourth-order valence-electron chi connectivity index (χ4n) is 3.75. The third kappa shape index (κ3) is 4.45. The molecule has 168 valence electrons. The van der Waals surface area contributed by atoms with Crippen LogP contribution >= 0.6 is 0 Å². The van der Waals surface area contributed by atoms with Gasteiger partial charge in [-0.3, -0.25) is 34.0 Å². The molecule has 0 bridgehead atoms. The molecule has 8 nitrogen and oxygen atoms in total. The van der Waals surface area contributed by atoms with Crippen LogP contribution in [0.1, 0.15) is 41.5 Å². The first-order valence-electron chi connectivity index (χ1n) is 10.5. The Balaban J connectivity index is 1.67. The smallest absolute Gasteiger partial charge is 0.326 e. The van der Waals surface area contributed by atoms with Gasteiger partial charge in [0.05, 0.1) is 16.8 Å². The van der Waals surface area contributed by atoms with Crippen molar-refractivity contribution in [3.05, 3.63) is 72.1 Å². The van der Waals surface area contributed by atoms with E-state index in [2.05, 4.69) is 4.98 Å². The van der Waals surface area contributed by atoms with Crippen LogP contribution in [0.4, 0.5) is 5.69 Å². The minimum absolute atomic E-state index is 0.255. The van der Waals surface area contributed by atoms with E-state index < -0.39 is 35.8 Å². The van der Waals surface area contributed by atoms with E-state index in [1.807, 2.05) is 6.07 Å². The number of hydrogen-bond acceptors (Lipinski definition) is 6. The summed E-state index contributed by atoms with van der Waals surface area (Å²) in [6.07, 6.45) is 3.24. The zero-order valence-electron chi connectivity index (χ0n) is 18.6. The van der Waals surface area contributed by atoms with Crippen LogP contribution in [-0.4, -0.2) is 52.3 Å². The summed E-state index contributed by atoms with van der Waals surface area (Å²) in [7, 11) is 0. The number of rotatable bonds is 5. The molecule has 0 saturated heterocycles. The number of anilines is 1. The maximum atomic E-state index is 13.4. The van der Waals surface area contributed by atoms with Gasteiger partial charge in [-0.25, -0.2) is 0 Å². The monoisotopic (exact) mass is 445 g/mol. The van der Waals surface area contributed by atoms with Gasteiger partial charge in [0.25, 0.3) is 11.8 Å². The van der Waals surface area contributed by atoms with E-state index in [-0.39, 0.29) is 17.7 Å². The lowest BCUT2D eigenvalue weighted by Gasteiger charge is -2.27. The normalized spacial score (nSPS) is 13.2. The summed E-state index contributed by atoms with van der Waals surface area (Å²) < 4.78 is 5.42. The summed E-state index contributed by atoms with van der Waals surface area (Å²) in [5.74, 6) is -2.27. The standard InChI is InChI=1S/C25H23N3O5/c1-25(2,3)33-22(30)15-27(20-10-6-7-16-13-26-12-11-17(16)20)21(29)14-28-23(31)18-8-4-5-9-19(18)24(28)32/h4-13H,14-15H2,1-3H3. The minimum Gasteiger partial charge on any atom is -0.459 e. The topological polar surface area (TPSA) is 96.9 Å². The molecule has 33 heavy (non-hydrogen) atoms. The van der Waals surface area contributed by atoms with Crippen molar-refractivity contribution in [3.63, 3.8) is 0 Å². The molecular weight excluding hydrogens is 422 g/mol. The third-order valence-corrected chi connectivity index (χ3v) is 5.13. The van der Waals surface area contributed by atoms with E-state index in [0.717, 1.165) is 10.3 Å². The molecule has 3 aromatic rings. The van der Waals surface area contributed by atoms with Gasteiger partial charge in [0, 0.05) is 23.2 Å². The first-order valence-corrected chi connectivity index (χ1v) is 10.5. The number of benzene rings is 2. The highest BCUT2D eigenvalue weighted by atomic mass is 16.6. The molecule has 0 unspecified atom stereocenters. The van der Waals surface area contributed by atoms with Gasteiger partial charge in [0.2, 0.25) is 5.91 Å². The Bertz CT molecular complexity index is 1240. The molecule has 2 heterocycles. The fourth-order valence-corrected chi connectivity index (χ4v) is 3.75. The van der Waals surface area contributed by atoms with Crippen molar-refractivity contribution in [3.8, 4) is 0 Å². The largest absolute Gasteiger partial charge is 0.459 e. The van der Waals surface area contributed by atoms with E-state index in [0.29, 0.717) is 11.1 Å². The molecule has 1 aliphatic rings. The number of amides is 3. The van der Waals surface area contributed by atoms with Crippen LogP contribution < -0.4 is 4.90 Å². The Morgan fingerprint density at radius 3 is 2.27 bits per heavy atom. The number of imide groups is 1. The van der Waals surface area contributed by atoms with Crippen LogP contribution in [0.25, 0.3) is 10.8 Å². The first kappa shape index (κ1) is 22.1. The van der Waals surface area contributed by atoms with Crippen LogP contribution in [0.2, 0.25) is 0 Å². The molecule has 0 radical (unpaired) electrons. The predicted molar refractivity (Wildman–Crippen MR) is 122 cm³/mol. The Kier molecular flexibility index (Phi) is 5.68. The second-order valence-electron chi connectivity index (χ2n) is 8.68. The Labute approximate surface area is 190 Å². The van der Waals surface area contributed by atoms with Crippen molar-refractivity contribution in [2.75, 3.05) is 18.0 Å². The van der Waals surface area contributed by atoms with Gasteiger partial charge in [-0.15, -0.1) is 0 Å². The molecule has 3 amide bonds. The Morgan fingerprint density at radius 1 is 0.970 bits per heavy atom. The highest BCUT2D eigenvalue weighted by molar-refractivity contribution is 6.23. The summed E-state index contributed by atoms with van der Waals surface area (Å²) in [6.45, 7) is 4.33. The first-order chi connectivity index (χ1) is 15.7. The molecule has 8 heteroatoms. The molecule has 0 aliphatic carbocycles. The highest BCUT2D eigenvalue weighted by Crippen LogP contribution is 2.28. The van der Waals surface area contributed by atoms with Crippen LogP contribution in [0, 0.1) is 0 Å². The van der Waals surface area contributed by atoms with Gasteiger partial charge >= 0.3 is 5.97 Å². The van der Waals surface area contributed by atoms with Crippen LogP contribution in [-0.2, 0) is 14.3 Å². The quantitative estimate of drug-likeness (QED) is 0.442. The minimum atomic E-state index is -0.739. The number of pyridine rings is 1. The van der Waals surface area contributed by atoms with E-state index in [1.54, 1.807) is 75.6 Å². The van der Waals surface area contributed by atoms with Crippen molar-refractivity contribution < 1.29 is 23.9 Å². The van der Waals surface area contributed by atoms with Crippen LogP contribution in [0.5, 0.6) is 0 Å². The van der Waals surface area contributed by atoms with E-state index >= 15 is 0 Å². The van der Waals surface area contributed by atoms with E-state index in [4.69, 9.17) is 4.74 Å². The molecule has 1 aliphatic heterocycles. The van der Waals surface area contributed by atoms with E-state index in [9.17, 15) is 19.2 Å². The average molecular weight is 445 g/mol.